The second-order valence-corrected chi connectivity index (χ2v) is 15.4. The fourth-order valence-corrected chi connectivity index (χ4v) is 6.51. The number of unbranched alkanes of at least 4 members (excludes halogenated alkanes) is 1. The highest BCUT2D eigenvalue weighted by molar-refractivity contribution is 5.79. The topological polar surface area (TPSA) is 160 Å². The highest BCUT2D eigenvalue weighted by Gasteiger charge is 2.22. The molecule has 2 aromatic carbocycles. The van der Waals surface area contributed by atoms with Gasteiger partial charge in [-0.25, -0.2) is 15.0 Å². The molecule has 0 amide bonds. The SMILES string of the molecule is CC(=O)OCCCCOc1nc(-c2ccccn2)cc(-c2ccc(C(C)C)cc2)c1C#[N+]c1ccc(-c2cc(-c3ccc(C(C)C)cc3)c(C#N)c(OCOCCOC(C)=O)n2)nc1. The van der Waals surface area contributed by atoms with Gasteiger partial charge in [0.05, 0.1) is 42.6 Å². The van der Waals surface area contributed by atoms with Gasteiger partial charge in [-0.05, 0) is 82.1 Å². The zero-order valence-electron chi connectivity index (χ0n) is 37.0. The van der Waals surface area contributed by atoms with Crippen LogP contribution in [0.2, 0.25) is 0 Å². The molecule has 0 radical (unpaired) electrons. The van der Waals surface area contributed by atoms with Crippen molar-refractivity contribution in [2.75, 3.05) is 33.2 Å². The summed E-state index contributed by atoms with van der Waals surface area (Å²) in [7, 11) is 0. The van der Waals surface area contributed by atoms with Gasteiger partial charge >= 0.3 is 23.7 Å². The van der Waals surface area contributed by atoms with Crippen LogP contribution in [-0.4, -0.2) is 65.1 Å². The quantitative estimate of drug-likeness (QED) is 0.0458. The van der Waals surface area contributed by atoms with Gasteiger partial charge in [-0.3, -0.25) is 14.6 Å². The molecule has 326 valence electrons. The van der Waals surface area contributed by atoms with Crippen molar-refractivity contribution in [2.24, 2.45) is 0 Å². The van der Waals surface area contributed by atoms with Crippen LogP contribution in [0.15, 0.2) is 103 Å². The Hall–Kier alpha value is -7.48. The molecule has 4 heterocycles. The van der Waals surface area contributed by atoms with Gasteiger partial charge in [0.1, 0.15) is 24.4 Å². The Morgan fingerprint density at radius 2 is 1.22 bits per heavy atom. The van der Waals surface area contributed by atoms with E-state index < -0.39 is 5.97 Å². The summed E-state index contributed by atoms with van der Waals surface area (Å²) >= 11 is 0. The summed E-state index contributed by atoms with van der Waals surface area (Å²) in [6.07, 6.45) is 4.57. The smallest absolute Gasteiger partial charge is 0.358 e. The monoisotopic (exact) mass is 859 g/mol. The Morgan fingerprint density at radius 1 is 0.641 bits per heavy atom. The van der Waals surface area contributed by atoms with Crippen LogP contribution in [0.3, 0.4) is 0 Å². The summed E-state index contributed by atoms with van der Waals surface area (Å²) in [5.74, 6) is 0.342. The van der Waals surface area contributed by atoms with Crippen LogP contribution in [0, 0.1) is 17.4 Å². The van der Waals surface area contributed by atoms with Crippen LogP contribution in [0.5, 0.6) is 11.8 Å². The van der Waals surface area contributed by atoms with E-state index in [4.69, 9.17) is 43.5 Å². The lowest BCUT2D eigenvalue weighted by Gasteiger charge is -2.14. The van der Waals surface area contributed by atoms with Crippen molar-refractivity contribution in [1.82, 2.24) is 19.9 Å². The Balaban J connectivity index is 1.37. The van der Waals surface area contributed by atoms with Crippen molar-refractivity contribution in [3.8, 4) is 68.9 Å². The fraction of sp³-hybridized carbons (Fsp3) is 0.294. The molecule has 0 N–H and O–H groups in total. The normalized spacial score (nSPS) is 10.8. The van der Waals surface area contributed by atoms with Crippen molar-refractivity contribution >= 4 is 17.6 Å². The van der Waals surface area contributed by atoms with Gasteiger partial charge in [-0.2, -0.15) is 5.26 Å². The predicted octanol–water partition coefficient (Wildman–Crippen LogP) is 10.7. The van der Waals surface area contributed by atoms with E-state index in [0.29, 0.717) is 83.4 Å². The number of hydrogen-bond donors (Lipinski definition) is 0. The minimum atomic E-state index is -0.412. The first-order valence-electron chi connectivity index (χ1n) is 21.2. The van der Waals surface area contributed by atoms with Gasteiger partial charge in [0.25, 0.3) is 0 Å². The molecule has 0 fully saturated rings. The Kier molecular flexibility index (Phi) is 16.2. The summed E-state index contributed by atoms with van der Waals surface area (Å²) in [5.41, 5.74) is 9.05. The van der Waals surface area contributed by atoms with Gasteiger partial charge in [-0.1, -0.05) is 82.3 Å². The molecule has 0 atom stereocenters. The number of hydrogen-bond acceptors (Lipinski definition) is 12. The molecular formula is C51H51N6O7+. The average molecular weight is 860 g/mol. The number of ether oxygens (including phenoxy) is 5. The van der Waals surface area contributed by atoms with E-state index in [2.05, 4.69) is 69.1 Å². The molecule has 13 heteroatoms. The second-order valence-electron chi connectivity index (χ2n) is 15.4. The molecule has 4 aromatic heterocycles. The lowest BCUT2D eigenvalue weighted by Crippen LogP contribution is -2.12. The first-order valence-corrected chi connectivity index (χ1v) is 21.2. The standard InChI is InChI=1S/C51H51N6O7/c1-33(2)37-12-16-39(17-13-37)42-27-49(56-50(44(42)29-52)64-32-60-25-26-62-36(6)59)47-21-20-41(30-55-47)54-31-45-43(40-18-14-38(15-19-40)34(3)4)28-48(46-11-7-8-22-53-46)57-51(45)63-24-10-9-23-61-35(5)58/h7-8,11-22,27-28,30,33-34H,9-10,23-26,32H2,1-6H3/q+1. The summed E-state index contributed by atoms with van der Waals surface area (Å²) < 4.78 is 27.8. The molecule has 6 rings (SSSR count). The molecule has 0 bridgehead atoms. The van der Waals surface area contributed by atoms with Gasteiger partial charge in [0, 0.05) is 37.2 Å². The highest BCUT2D eigenvalue weighted by Crippen LogP contribution is 2.36. The number of pyridine rings is 4. The lowest BCUT2D eigenvalue weighted by atomic mass is 9.96. The van der Waals surface area contributed by atoms with Crippen molar-refractivity contribution in [2.45, 2.75) is 66.2 Å². The number of carbonyl (C=O) groups excluding carboxylic acids is 2. The van der Waals surface area contributed by atoms with Crippen LogP contribution in [0.25, 0.3) is 49.9 Å². The van der Waals surface area contributed by atoms with E-state index >= 15 is 0 Å². The second kappa shape index (κ2) is 22.6. The minimum absolute atomic E-state index is 0.0634. The van der Waals surface area contributed by atoms with Gasteiger partial charge < -0.3 is 23.7 Å². The number of rotatable bonds is 18. The van der Waals surface area contributed by atoms with E-state index in [1.165, 1.54) is 19.4 Å². The van der Waals surface area contributed by atoms with Crippen LogP contribution in [0.1, 0.15) is 88.5 Å². The Morgan fingerprint density at radius 3 is 1.77 bits per heavy atom. The molecule has 0 spiro atoms. The number of nitrogens with zero attached hydrogens (tertiary/aromatic N) is 6. The third kappa shape index (κ3) is 12.6. The lowest BCUT2D eigenvalue weighted by molar-refractivity contribution is -0.143. The molecular weight excluding hydrogens is 809 g/mol. The molecule has 6 aromatic rings. The van der Waals surface area contributed by atoms with Crippen LogP contribution < -0.4 is 9.47 Å². The highest BCUT2D eigenvalue weighted by atomic mass is 16.7. The largest absolute Gasteiger partial charge is 0.477 e. The van der Waals surface area contributed by atoms with Crippen LogP contribution in [-0.2, 0) is 23.8 Å². The molecule has 13 nitrogen and oxygen atoms in total. The van der Waals surface area contributed by atoms with Crippen molar-refractivity contribution in [3.63, 3.8) is 0 Å². The number of esters is 2. The van der Waals surface area contributed by atoms with E-state index in [0.717, 1.165) is 22.3 Å². The number of carbonyl (C=O) groups is 2. The van der Waals surface area contributed by atoms with E-state index in [1.807, 2.05) is 54.6 Å². The predicted molar refractivity (Wildman–Crippen MR) is 244 cm³/mol. The average Bonchev–Trinajstić information content (AvgIpc) is 3.30. The maximum absolute atomic E-state index is 11.3. The van der Waals surface area contributed by atoms with E-state index in [1.54, 1.807) is 24.5 Å². The van der Waals surface area contributed by atoms with Crippen molar-refractivity contribution in [1.29, 1.82) is 5.26 Å². The molecule has 0 unspecified atom stereocenters. The minimum Gasteiger partial charge on any atom is -0.477 e. The van der Waals surface area contributed by atoms with Gasteiger partial charge in [0.15, 0.2) is 12.4 Å². The molecule has 0 saturated heterocycles. The third-order valence-corrected chi connectivity index (χ3v) is 9.99. The third-order valence-electron chi connectivity index (χ3n) is 9.99. The maximum Gasteiger partial charge on any atom is 0.358 e. The molecule has 0 aliphatic carbocycles. The van der Waals surface area contributed by atoms with E-state index in [9.17, 15) is 14.9 Å². The Labute approximate surface area is 373 Å². The summed E-state index contributed by atoms with van der Waals surface area (Å²) in [6, 6.07) is 34.9. The molecule has 64 heavy (non-hydrogen) atoms. The van der Waals surface area contributed by atoms with Gasteiger partial charge in [-0.15, -0.1) is 0 Å². The molecule has 0 aliphatic heterocycles. The summed E-state index contributed by atoms with van der Waals surface area (Å²) in [6.45, 7) is 11.8. The fourth-order valence-electron chi connectivity index (χ4n) is 6.51. The zero-order valence-corrected chi connectivity index (χ0v) is 37.0. The number of aromatic nitrogens is 4. The maximum atomic E-state index is 11.3. The van der Waals surface area contributed by atoms with Crippen LogP contribution in [0.4, 0.5) is 5.69 Å². The molecule has 0 aliphatic rings. The number of nitriles is 1. The summed E-state index contributed by atoms with van der Waals surface area (Å²) in [5, 5.41) is 10.3. The van der Waals surface area contributed by atoms with Crippen LogP contribution >= 0.6 is 0 Å². The molecule has 0 saturated carbocycles. The zero-order chi connectivity index (χ0) is 45.4. The van der Waals surface area contributed by atoms with Gasteiger partial charge in [0.2, 0.25) is 11.8 Å². The van der Waals surface area contributed by atoms with E-state index in [-0.39, 0.29) is 37.4 Å². The van der Waals surface area contributed by atoms with Crippen molar-refractivity contribution in [3.05, 3.63) is 130 Å². The Bertz CT molecular complexity index is 2630. The summed E-state index contributed by atoms with van der Waals surface area (Å²) in [4.78, 5) is 46.1. The first-order chi connectivity index (χ1) is 31.0. The number of benzene rings is 2. The first kappa shape index (κ1) is 46.0. The van der Waals surface area contributed by atoms with Crippen molar-refractivity contribution < 1.29 is 33.3 Å².